The Hall–Kier alpha value is -3.59. The Morgan fingerprint density at radius 2 is 0.759 bits per heavy atom. The summed E-state index contributed by atoms with van der Waals surface area (Å²) in [6.07, 6.45) is 1.27. The van der Waals surface area contributed by atoms with Crippen LogP contribution >= 0.6 is 0 Å². The van der Waals surface area contributed by atoms with Gasteiger partial charge in [-0.25, -0.2) is 14.4 Å². The standard InChI is InChI=1S/C32H57N9O10Si3/c1-24-21-27(4)39(36-24)30(42)33-15-12-18-52(45-7,46-8)50-54(49-11,20-14-17-35-32(44)41-29(6)23-26(3)38-41)51-53(47-9,48-10)19-13-16-34-31(43)40-28(5)22-25(2)37-40/h21-23H,12-20H2,1-11H3,(H,33,42)(H,34,43)(H,35,44). The molecule has 0 saturated heterocycles. The van der Waals surface area contributed by atoms with Crippen molar-refractivity contribution >= 4 is 44.5 Å². The van der Waals surface area contributed by atoms with Gasteiger partial charge in [-0.15, -0.1) is 0 Å². The second-order valence-corrected chi connectivity index (χ2v) is 22.1. The van der Waals surface area contributed by atoms with Crippen LogP contribution in [0.3, 0.4) is 0 Å². The Morgan fingerprint density at radius 1 is 0.500 bits per heavy atom. The second-order valence-electron chi connectivity index (χ2n) is 12.8. The fourth-order valence-electron chi connectivity index (χ4n) is 5.85. The molecule has 0 bridgehead atoms. The zero-order valence-corrected chi connectivity index (χ0v) is 36.4. The first kappa shape index (κ1) is 44.8. The van der Waals surface area contributed by atoms with Crippen LogP contribution in [0.15, 0.2) is 18.2 Å². The summed E-state index contributed by atoms with van der Waals surface area (Å²) in [6, 6.07) is 5.24. The molecule has 0 aliphatic carbocycles. The van der Waals surface area contributed by atoms with Crippen molar-refractivity contribution in [2.45, 2.75) is 78.9 Å². The van der Waals surface area contributed by atoms with Gasteiger partial charge in [0.15, 0.2) is 0 Å². The largest absolute Gasteiger partial charge is 0.493 e. The third kappa shape index (κ3) is 12.0. The van der Waals surface area contributed by atoms with E-state index in [1.54, 1.807) is 6.92 Å². The molecule has 3 heterocycles. The van der Waals surface area contributed by atoms with Gasteiger partial charge in [0.1, 0.15) is 0 Å². The molecule has 0 saturated carbocycles. The SMILES string of the molecule is CO[Si](CCCNC(=O)n1nc(C)cc1C)(OC)O[Si](CCCNC(=O)n1nc(C)cc1C)(OC)O[Si](CCCNC(=O)n1nc(C)cc1C)(OC)OC. The van der Waals surface area contributed by atoms with E-state index in [0.29, 0.717) is 50.1 Å². The predicted octanol–water partition coefficient (Wildman–Crippen LogP) is 3.45. The van der Waals surface area contributed by atoms with E-state index in [4.69, 9.17) is 30.4 Å². The van der Waals surface area contributed by atoms with Gasteiger partial charge in [0.05, 0.1) is 17.1 Å². The highest BCUT2D eigenvalue weighted by Crippen LogP contribution is 2.31. The fraction of sp³-hybridized carbons (Fsp3) is 0.625. The van der Waals surface area contributed by atoms with Crippen molar-refractivity contribution < 1.29 is 44.7 Å². The number of hydrogen-bond donors (Lipinski definition) is 3. The highest BCUT2D eigenvalue weighted by Gasteiger charge is 2.57. The van der Waals surface area contributed by atoms with E-state index >= 15 is 0 Å². The number of carbonyl (C=O) groups excluding carboxylic acids is 3. The lowest BCUT2D eigenvalue weighted by Crippen LogP contribution is -2.63. The molecule has 3 N–H and O–H groups in total. The zero-order valence-electron chi connectivity index (χ0n) is 33.4. The Kier molecular flexibility index (Phi) is 16.9. The summed E-state index contributed by atoms with van der Waals surface area (Å²) in [6.45, 7) is 11.7. The van der Waals surface area contributed by atoms with Gasteiger partial charge in [-0.2, -0.15) is 29.3 Å². The minimum absolute atomic E-state index is 0.229. The first-order valence-corrected chi connectivity index (χ1v) is 23.5. The van der Waals surface area contributed by atoms with Crippen molar-refractivity contribution in [2.24, 2.45) is 0 Å². The molecule has 0 aliphatic heterocycles. The van der Waals surface area contributed by atoms with E-state index in [0.717, 1.165) is 28.5 Å². The highest BCUT2D eigenvalue weighted by molar-refractivity contribution is 6.80. The number of aromatic nitrogens is 6. The van der Waals surface area contributed by atoms with Crippen LogP contribution in [0, 0.1) is 41.5 Å². The van der Waals surface area contributed by atoms with E-state index in [2.05, 4.69) is 31.2 Å². The molecule has 0 aliphatic rings. The van der Waals surface area contributed by atoms with Crippen LogP contribution in [-0.4, -0.2) is 129 Å². The molecule has 19 nitrogen and oxygen atoms in total. The molecular formula is C32H57N9O10Si3. The van der Waals surface area contributed by atoms with Crippen LogP contribution in [0.25, 0.3) is 0 Å². The molecule has 0 radical (unpaired) electrons. The molecular weight excluding hydrogens is 755 g/mol. The Morgan fingerprint density at radius 3 is 0.981 bits per heavy atom. The smallest absolute Gasteiger partial charge is 0.378 e. The van der Waals surface area contributed by atoms with Gasteiger partial charge in [0.25, 0.3) is 0 Å². The molecule has 0 aromatic carbocycles. The number of rotatable bonds is 21. The Balaban J connectivity index is 1.77. The number of amides is 3. The molecule has 302 valence electrons. The van der Waals surface area contributed by atoms with Crippen molar-refractivity contribution in [1.82, 2.24) is 45.3 Å². The summed E-state index contributed by atoms with van der Waals surface area (Å²) in [5.74, 6) is 0. The monoisotopic (exact) mass is 811 g/mol. The number of hydrogen-bond acceptors (Lipinski definition) is 13. The third-order valence-corrected chi connectivity index (χ3v) is 19.6. The van der Waals surface area contributed by atoms with Crippen molar-refractivity contribution in [2.75, 3.05) is 55.2 Å². The van der Waals surface area contributed by atoms with Crippen LogP contribution in [0.5, 0.6) is 0 Å². The Labute approximate surface area is 320 Å². The van der Waals surface area contributed by atoms with Gasteiger partial charge in [0, 0.05) is 90.4 Å². The zero-order chi connectivity index (χ0) is 40.1. The van der Waals surface area contributed by atoms with Gasteiger partial charge in [-0.05, 0) is 79.0 Å². The van der Waals surface area contributed by atoms with E-state index < -0.39 is 26.4 Å². The van der Waals surface area contributed by atoms with Crippen molar-refractivity contribution in [3.8, 4) is 0 Å². The summed E-state index contributed by atoms with van der Waals surface area (Å²) in [5, 5.41) is 21.4. The lowest BCUT2D eigenvalue weighted by Gasteiger charge is -2.40. The van der Waals surface area contributed by atoms with Gasteiger partial charge in [-0.1, -0.05) is 0 Å². The summed E-state index contributed by atoms with van der Waals surface area (Å²) in [4.78, 5) is 38.4. The number of carbonyl (C=O) groups is 3. The molecule has 3 rings (SSSR count). The average molecular weight is 812 g/mol. The number of nitrogens with zero attached hydrogens (tertiary/aromatic N) is 6. The first-order valence-electron chi connectivity index (χ1n) is 17.7. The quantitative estimate of drug-likeness (QED) is 0.104. The summed E-state index contributed by atoms with van der Waals surface area (Å²) in [5.41, 5.74) is 4.36. The molecule has 0 fully saturated rings. The predicted molar refractivity (Wildman–Crippen MR) is 204 cm³/mol. The van der Waals surface area contributed by atoms with Crippen molar-refractivity contribution in [3.05, 3.63) is 52.4 Å². The highest BCUT2D eigenvalue weighted by atomic mass is 28.5. The Bertz CT molecular complexity index is 1610. The lowest BCUT2D eigenvalue weighted by atomic mass is 10.4. The van der Waals surface area contributed by atoms with Crippen molar-refractivity contribution in [3.63, 3.8) is 0 Å². The number of aryl methyl sites for hydroxylation is 6. The van der Waals surface area contributed by atoms with E-state index in [9.17, 15) is 14.4 Å². The topological polar surface area (TPSA) is 205 Å². The summed E-state index contributed by atoms with van der Waals surface area (Å²) in [7, 11) is -3.41. The van der Waals surface area contributed by atoms with Crippen molar-refractivity contribution in [1.29, 1.82) is 0 Å². The molecule has 54 heavy (non-hydrogen) atoms. The van der Waals surface area contributed by atoms with Gasteiger partial charge in [0.2, 0.25) is 0 Å². The van der Waals surface area contributed by atoms with E-state index in [-0.39, 0.29) is 30.7 Å². The molecule has 3 amide bonds. The van der Waals surface area contributed by atoms with Crippen LogP contribution in [0.4, 0.5) is 14.4 Å². The van der Waals surface area contributed by atoms with Crippen LogP contribution in [-0.2, 0) is 30.4 Å². The minimum atomic E-state index is -3.81. The van der Waals surface area contributed by atoms with Gasteiger partial charge >= 0.3 is 44.5 Å². The molecule has 0 spiro atoms. The average Bonchev–Trinajstić information content (AvgIpc) is 3.81. The third-order valence-electron chi connectivity index (χ3n) is 8.59. The molecule has 22 heteroatoms. The van der Waals surface area contributed by atoms with Gasteiger partial charge < -0.3 is 46.3 Å². The van der Waals surface area contributed by atoms with Crippen LogP contribution in [0.1, 0.15) is 53.4 Å². The first-order chi connectivity index (χ1) is 25.6. The fourth-order valence-corrected chi connectivity index (χ4v) is 17.0. The van der Waals surface area contributed by atoms with Crippen LogP contribution in [0.2, 0.25) is 18.1 Å². The maximum atomic E-state index is 12.9. The maximum Gasteiger partial charge on any atom is 0.493 e. The lowest BCUT2D eigenvalue weighted by molar-refractivity contribution is 0.0694. The minimum Gasteiger partial charge on any atom is -0.378 e. The van der Waals surface area contributed by atoms with E-state index in [1.807, 2.05) is 52.8 Å². The molecule has 3 aromatic heterocycles. The normalized spacial score (nSPS) is 12.3. The summed E-state index contributed by atoms with van der Waals surface area (Å²) >= 11 is 0. The molecule has 3 aromatic rings. The maximum absolute atomic E-state index is 12.9. The van der Waals surface area contributed by atoms with Crippen LogP contribution < -0.4 is 16.0 Å². The van der Waals surface area contributed by atoms with Gasteiger partial charge in [-0.3, -0.25) is 0 Å². The second kappa shape index (κ2) is 20.4. The van der Waals surface area contributed by atoms with E-state index in [1.165, 1.54) is 49.6 Å². The summed E-state index contributed by atoms with van der Waals surface area (Å²) < 4.78 is 47.6. The molecule has 0 unspecified atom stereocenters. The molecule has 0 atom stereocenters. The number of nitrogens with one attached hydrogen (secondary N) is 3.